The maximum atomic E-state index is 13.5. The lowest BCUT2D eigenvalue weighted by atomic mass is 10.2. The van der Waals surface area contributed by atoms with E-state index in [1.54, 1.807) is 29.2 Å². The van der Waals surface area contributed by atoms with E-state index in [9.17, 15) is 13.6 Å². The Labute approximate surface area is 142 Å². The van der Waals surface area contributed by atoms with Gasteiger partial charge >= 0.3 is 6.03 Å². The van der Waals surface area contributed by atoms with E-state index in [-0.39, 0.29) is 12.1 Å². The first-order chi connectivity index (χ1) is 12.1. The molecule has 1 heterocycles. The minimum atomic E-state index is -0.573. The molecular weight excluding hydrogens is 328 g/mol. The van der Waals surface area contributed by atoms with Crippen molar-refractivity contribution in [2.75, 3.05) is 5.32 Å². The van der Waals surface area contributed by atoms with E-state index in [4.69, 9.17) is 0 Å². The van der Waals surface area contributed by atoms with Crippen LogP contribution in [0.3, 0.4) is 0 Å². The Morgan fingerprint density at radius 2 is 2.04 bits per heavy atom. The summed E-state index contributed by atoms with van der Waals surface area (Å²) in [5.74, 6) is -1.13. The molecular formula is C17H15F2N5O. The Balaban J connectivity index is 1.58. The fourth-order valence-corrected chi connectivity index (χ4v) is 2.28. The minimum absolute atomic E-state index is 0.0788. The average molecular weight is 343 g/mol. The molecule has 3 rings (SSSR count). The van der Waals surface area contributed by atoms with Crippen LogP contribution < -0.4 is 10.6 Å². The highest BCUT2D eigenvalue weighted by Gasteiger charge is 2.07. The smallest absolute Gasteiger partial charge is 0.319 e. The SMILES string of the molecule is O=C(NCc1cc(F)ccc1F)Nc1cccc(Cn2cncn2)c1. The van der Waals surface area contributed by atoms with Crippen LogP contribution in [0.25, 0.3) is 0 Å². The second-order valence-corrected chi connectivity index (χ2v) is 5.34. The summed E-state index contributed by atoms with van der Waals surface area (Å²) in [6.45, 7) is 0.402. The molecule has 2 aromatic carbocycles. The standard InChI is InChI=1S/C17H15F2N5O/c18-14-4-5-16(19)13(7-14)8-21-17(25)23-15-3-1-2-12(6-15)9-24-11-20-10-22-24/h1-7,10-11H,8-9H2,(H2,21,23,25). The second kappa shape index (κ2) is 7.52. The Bertz CT molecular complexity index is 867. The van der Waals surface area contributed by atoms with Gasteiger partial charge in [-0.25, -0.2) is 23.2 Å². The first-order valence-electron chi connectivity index (χ1n) is 7.50. The molecule has 0 saturated heterocycles. The van der Waals surface area contributed by atoms with Gasteiger partial charge in [0.15, 0.2) is 0 Å². The number of nitrogens with zero attached hydrogens (tertiary/aromatic N) is 3. The van der Waals surface area contributed by atoms with E-state index >= 15 is 0 Å². The van der Waals surface area contributed by atoms with Gasteiger partial charge in [0.2, 0.25) is 0 Å². The number of benzene rings is 2. The summed E-state index contributed by atoms with van der Waals surface area (Å²) < 4.78 is 28.3. The maximum Gasteiger partial charge on any atom is 0.319 e. The van der Waals surface area contributed by atoms with Crippen molar-refractivity contribution in [2.45, 2.75) is 13.1 Å². The van der Waals surface area contributed by atoms with E-state index in [0.29, 0.717) is 12.2 Å². The summed E-state index contributed by atoms with van der Waals surface area (Å²) in [6.07, 6.45) is 3.04. The number of rotatable bonds is 5. The van der Waals surface area contributed by atoms with Crippen LogP contribution in [0.5, 0.6) is 0 Å². The van der Waals surface area contributed by atoms with E-state index < -0.39 is 17.7 Å². The van der Waals surface area contributed by atoms with Gasteiger partial charge in [-0.3, -0.25) is 0 Å². The lowest BCUT2D eigenvalue weighted by Crippen LogP contribution is -2.28. The number of urea groups is 1. The number of carbonyl (C=O) groups is 1. The number of nitrogens with one attached hydrogen (secondary N) is 2. The van der Waals surface area contributed by atoms with Gasteiger partial charge in [-0.1, -0.05) is 12.1 Å². The van der Waals surface area contributed by atoms with Crippen LogP contribution in [0.1, 0.15) is 11.1 Å². The van der Waals surface area contributed by atoms with Gasteiger partial charge in [-0.15, -0.1) is 0 Å². The van der Waals surface area contributed by atoms with Crippen LogP contribution in [-0.2, 0) is 13.1 Å². The molecule has 0 aliphatic rings. The quantitative estimate of drug-likeness (QED) is 0.748. The summed E-state index contributed by atoms with van der Waals surface area (Å²) in [7, 11) is 0. The van der Waals surface area contributed by atoms with Crippen molar-refractivity contribution < 1.29 is 13.6 Å². The van der Waals surface area contributed by atoms with E-state index in [1.165, 1.54) is 6.33 Å². The maximum absolute atomic E-state index is 13.5. The number of hydrogen-bond donors (Lipinski definition) is 2. The number of carbonyl (C=O) groups excluding carboxylic acids is 1. The summed E-state index contributed by atoms with van der Waals surface area (Å²) in [6, 6.07) is 9.81. The zero-order chi connectivity index (χ0) is 17.6. The summed E-state index contributed by atoms with van der Waals surface area (Å²) >= 11 is 0. The van der Waals surface area contributed by atoms with Crippen molar-refractivity contribution in [3.63, 3.8) is 0 Å². The van der Waals surface area contributed by atoms with Crippen LogP contribution in [-0.4, -0.2) is 20.8 Å². The molecule has 0 unspecified atom stereocenters. The molecule has 0 fully saturated rings. The van der Waals surface area contributed by atoms with Crippen molar-refractivity contribution in [3.8, 4) is 0 Å². The van der Waals surface area contributed by atoms with Gasteiger partial charge in [0, 0.05) is 17.8 Å². The van der Waals surface area contributed by atoms with Crippen LogP contribution in [0, 0.1) is 11.6 Å². The average Bonchev–Trinajstić information content (AvgIpc) is 3.09. The number of hydrogen-bond acceptors (Lipinski definition) is 3. The van der Waals surface area contributed by atoms with Crippen LogP contribution >= 0.6 is 0 Å². The number of aromatic nitrogens is 3. The molecule has 0 saturated carbocycles. The molecule has 6 nitrogen and oxygen atoms in total. The van der Waals surface area contributed by atoms with Crippen molar-refractivity contribution in [3.05, 3.63) is 77.9 Å². The molecule has 128 valence electrons. The Morgan fingerprint density at radius 3 is 2.84 bits per heavy atom. The van der Waals surface area contributed by atoms with Crippen molar-refractivity contribution in [1.82, 2.24) is 20.1 Å². The molecule has 25 heavy (non-hydrogen) atoms. The molecule has 2 amide bonds. The van der Waals surface area contributed by atoms with Crippen LogP contribution in [0.15, 0.2) is 55.1 Å². The van der Waals surface area contributed by atoms with Gasteiger partial charge in [-0.2, -0.15) is 5.10 Å². The highest BCUT2D eigenvalue weighted by molar-refractivity contribution is 5.89. The van der Waals surface area contributed by atoms with Gasteiger partial charge in [0.1, 0.15) is 24.3 Å². The number of anilines is 1. The zero-order valence-electron chi connectivity index (χ0n) is 13.1. The first kappa shape index (κ1) is 16.6. The second-order valence-electron chi connectivity index (χ2n) is 5.34. The fourth-order valence-electron chi connectivity index (χ4n) is 2.28. The van der Waals surface area contributed by atoms with Crippen molar-refractivity contribution >= 4 is 11.7 Å². The Kier molecular flexibility index (Phi) is 4.98. The molecule has 8 heteroatoms. The molecule has 1 aromatic heterocycles. The zero-order valence-corrected chi connectivity index (χ0v) is 13.1. The molecule has 0 atom stereocenters. The Hall–Kier alpha value is -3.29. The molecule has 2 N–H and O–H groups in total. The monoisotopic (exact) mass is 343 g/mol. The normalized spacial score (nSPS) is 10.5. The molecule has 0 bridgehead atoms. The minimum Gasteiger partial charge on any atom is -0.334 e. The summed E-state index contributed by atoms with van der Waals surface area (Å²) in [5.41, 5.74) is 1.59. The third-order valence-electron chi connectivity index (χ3n) is 3.44. The van der Waals surface area contributed by atoms with Crippen molar-refractivity contribution in [2.24, 2.45) is 0 Å². The number of amides is 2. The van der Waals surface area contributed by atoms with Crippen LogP contribution in [0.2, 0.25) is 0 Å². The predicted octanol–water partition coefficient (Wildman–Crippen LogP) is 2.93. The van der Waals surface area contributed by atoms with E-state index in [0.717, 1.165) is 23.8 Å². The fraction of sp³-hybridized carbons (Fsp3) is 0.118. The lowest BCUT2D eigenvalue weighted by Gasteiger charge is -2.10. The van der Waals surface area contributed by atoms with Gasteiger partial charge in [-0.05, 0) is 35.9 Å². The highest BCUT2D eigenvalue weighted by Crippen LogP contribution is 2.12. The first-order valence-corrected chi connectivity index (χ1v) is 7.50. The van der Waals surface area contributed by atoms with Crippen molar-refractivity contribution in [1.29, 1.82) is 0 Å². The van der Waals surface area contributed by atoms with E-state index in [1.807, 2.05) is 6.07 Å². The molecule has 0 aliphatic heterocycles. The molecule has 3 aromatic rings. The van der Waals surface area contributed by atoms with Gasteiger partial charge in [0.05, 0.1) is 6.54 Å². The lowest BCUT2D eigenvalue weighted by molar-refractivity contribution is 0.251. The molecule has 0 spiro atoms. The molecule has 0 radical (unpaired) electrons. The summed E-state index contributed by atoms with van der Waals surface area (Å²) in [5, 5.41) is 9.17. The summed E-state index contributed by atoms with van der Waals surface area (Å²) in [4.78, 5) is 15.8. The van der Waals surface area contributed by atoms with Crippen LogP contribution in [0.4, 0.5) is 19.3 Å². The van der Waals surface area contributed by atoms with E-state index in [2.05, 4.69) is 20.7 Å². The number of halogens is 2. The van der Waals surface area contributed by atoms with Gasteiger partial charge < -0.3 is 10.6 Å². The third kappa shape index (κ3) is 4.60. The molecule has 0 aliphatic carbocycles. The third-order valence-corrected chi connectivity index (χ3v) is 3.44. The largest absolute Gasteiger partial charge is 0.334 e. The highest BCUT2D eigenvalue weighted by atomic mass is 19.1. The predicted molar refractivity (Wildman–Crippen MR) is 87.8 cm³/mol. The van der Waals surface area contributed by atoms with Gasteiger partial charge in [0.25, 0.3) is 0 Å². The Morgan fingerprint density at radius 1 is 1.16 bits per heavy atom. The topological polar surface area (TPSA) is 71.8 Å².